The van der Waals surface area contributed by atoms with Crippen LogP contribution in [0.2, 0.25) is 0 Å². The third kappa shape index (κ3) is 3.15. The number of nitrogens with one attached hydrogen (secondary N) is 1. The van der Waals surface area contributed by atoms with Crippen molar-refractivity contribution in [3.63, 3.8) is 0 Å². The Hall–Kier alpha value is -2.25. The number of aliphatic hydroxyl groups is 1. The Balaban J connectivity index is 1.71. The van der Waals surface area contributed by atoms with Crippen LogP contribution in [0.1, 0.15) is 6.92 Å². The first-order valence-corrected chi connectivity index (χ1v) is 7.16. The van der Waals surface area contributed by atoms with Crippen LogP contribution in [0.25, 0.3) is 11.3 Å². The van der Waals surface area contributed by atoms with E-state index in [1.807, 2.05) is 36.5 Å². The Morgan fingerprint density at radius 1 is 1.45 bits per heavy atom. The van der Waals surface area contributed by atoms with E-state index in [2.05, 4.69) is 15.6 Å². The molecule has 0 aliphatic carbocycles. The molecule has 1 aliphatic heterocycles. The Bertz CT molecular complexity index is 643. The molecule has 2 heterocycles. The third-order valence-corrected chi connectivity index (χ3v) is 3.64. The lowest BCUT2D eigenvalue weighted by Crippen LogP contribution is -2.47. The summed E-state index contributed by atoms with van der Waals surface area (Å²) in [5.41, 5.74) is 1.76. The minimum atomic E-state index is -0.703. The zero-order chi connectivity index (χ0) is 15.5. The minimum absolute atomic E-state index is 0.192. The van der Waals surface area contributed by atoms with Gasteiger partial charge in [0, 0.05) is 12.5 Å². The summed E-state index contributed by atoms with van der Waals surface area (Å²) in [6, 6.07) is 9.32. The largest absolute Gasteiger partial charge is 0.388 e. The zero-order valence-corrected chi connectivity index (χ0v) is 12.2. The number of carbonyl (C=O) groups is 1. The maximum atomic E-state index is 11.2. The van der Waals surface area contributed by atoms with E-state index in [0.29, 0.717) is 6.54 Å². The van der Waals surface area contributed by atoms with E-state index in [9.17, 15) is 9.90 Å². The van der Waals surface area contributed by atoms with Crippen molar-refractivity contribution in [2.24, 2.45) is 0 Å². The van der Waals surface area contributed by atoms with Crippen molar-refractivity contribution >= 4 is 5.91 Å². The van der Waals surface area contributed by atoms with E-state index in [0.717, 1.165) is 11.3 Å². The lowest BCUT2D eigenvalue weighted by molar-refractivity contribution is -0.120. The van der Waals surface area contributed by atoms with Crippen LogP contribution in [0.15, 0.2) is 36.5 Å². The van der Waals surface area contributed by atoms with Gasteiger partial charge in [-0.05, 0) is 0 Å². The molecule has 1 fully saturated rings. The molecule has 0 radical (unpaired) electrons. The highest BCUT2D eigenvalue weighted by molar-refractivity contribution is 5.73. The predicted molar refractivity (Wildman–Crippen MR) is 78.8 cm³/mol. The zero-order valence-electron chi connectivity index (χ0n) is 12.2. The standard InChI is InChI=1S/C15H18N4O3/c1-10(20)16-15-13(21)9-22-14(15)8-19-7-12(17-18-19)11-5-3-2-4-6-11/h2-7,13-15,21H,8-9H2,1H3,(H,16,20)/t13-,14+,15+/m0/s1. The van der Waals surface area contributed by atoms with Crippen LogP contribution >= 0.6 is 0 Å². The van der Waals surface area contributed by atoms with Gasteiger partial charge in [0.2, 0.25) is 5.91 Å². The molecule has 1 amide bonds. The van der Waals surface area contributed by atoms with E-state index < -0.39 is 12.1 Å². The number of aromatic nitrogens is 3. The number of amides is 1. The van der Waals surface area contributed by atoms with Crippen LogP contribution in [0.4, 0.5) is 0 Å². The van der Waals surface area contributed by atoms with Gasteiger partial charge < -0.3 is 15.2 Å². The average molecular weight is 302 g/mol. The number of ether oxygens (including phenoxy) is 1. The predicted octanol–water partition coefficient (Wildman–Crippen LogP) is 0.209. The summed E-state index contributed by atoms with van der Waals surface area (Å²) >= 11 is 0. The maximum Gasteiger partial charge on any atom is 0.217 e. The first-order valence-electron chi connectivity index (χ1n) is 7.16. The van der Waals surface area contributed by atoms with Gasteiger partial charge in [0.1, 0.15) is 11.8 Å². The van der Waals surface area contributed by atoms with E-state index in [-0.39, 0.29) is 18.6 Å². The van der Waals surface area contributed by atoms with Gasteiger partial charge in [0.25, 0.3) is 0 Å². The highest BCUT2D eigenvalue weighted by Crippen LogP contribution is 2.18. The highest BCUT2D eigenvalue weighted by Gasteiger charge is 2.37. The average Bonchev–Trinajstić information content (AvgIpc) is 3.10. The van der Waals surface area contributed by atoms with Gasteiger partial charge in [0.15, 0.2) is 0 Å². The molecule has 1 saturated heterocycles. The van der Waals surface area contributed by atoms with Crippen LogP contribution in [0.5, 0.6) is 0 Å². The van der Waals surface area contributed by atoms with E-state index in [1.54, 1.807) is 4.68 Å². The van der Waals surface area contributed by atoms with Crippen molar-refractivity contribution in [2.75, 3.05) is 6.61 Å². The molecular formula is C15H18N4O3. The van der Waals surface area contributed by atoms with E-state index in [4.69, 9.17) is 4.74 Å². The Kier molecular flexibility index (Phi) is 4.17. The first-order chi connectivity index (χ1) is 10.6. The molecule has 0 saturated carbocycles. The van der Waals surface area contributed by atoms with Gasteiger partial charge in [-0.2, -0.15) is 0 Å². The van der Waals surface area contributed by atoms with Gasteiger partial charge in [-0.15, -0.1) is 5.10 Å². The fraction of sp³-hybridized carbons (Fsp3) is 0.400. The molecule has 3 rings (SSSR count). The summed E-state index contributed by atoms with van der Waals surface area (Å²) in [5, 5.41) is 20.8. The summed E-state index contributed by atoms with van der Waals surface area (Å²) in [7, 11) is 0. The SMILES string of the molecule is CC(=O)N[C@@H]1[C@@H](O)CO[C@@H]1Cn1cc(-c2ccccc2)nn1. The van der Waals surface area contributed by atoms with Gasteiger partial charge in [-0.1, -0.05) is 35.5 Å². The summed E-state index contributed by atoms with van der Waals surface area (Å²) in [6.07, 6.45) is 0.795. The fourth-order valence-electron chi connectivity index (χ4n) is 2.58. The molecule has 0 unspecified atom stereocenters. The molecule has 22 heavy (non-hydrogen) atoms. The molecule has 7 heteroatoms. The number of rotatable bonds is 4. The lowest BCUT2D eigenvalue weighted by Gasteiger charge is -2.20. The first kappa shape index (κ1) is 14.7. The second-order valence-corrected chi connectivity index (χ2v) is 5.36. The topological polar surface area (TPSA) is 89.3 Å². The number of aliphatic hydroxyl groups excluding tert-OH is 1. The second-order valence-electron chi connectivity index (χ2n) is 5.36. The van der Waals surface area contributed by atoms with Gasteiger partial charge in [-0.3, -0.25) is 4.79 Å². The Morgan fingerprint density at radius 2 is 2.23 bits per heavy atom. The minimum Gasteiger partial charge on any atom is -0.388 e. The van der Waals surface area contributed by atoms with Crippen molar-refractivity contribution in [3.8, 4) is 11.3 Å². The van der Waals surface area contributed by atoms with Crippen LogP contribution in [-0.4, -0.2) is 50.9 Å². The number of hydrogen-bond donors (Lipinski definition) is 2. The maximum absolute atomic E-state index is 11.2. The molecule has 1 aromatic carbocycles. The monoisotopic (exact) mass is 302 g/mol. The van der Waals surface area contributed by atoms with Crippen LogP contribution < -0.4 is 5.32 Å². The summed E-state index contributed by atoms with van der Waals surface area (Å²) in [4.78, 5) is 11.2. The van der Waals surface area contributed by atoms with Gasteiger partial charge in [0.05, 0.1) is 31.5 Å². The fourth-order valence-corrected chi connectivity index (χ4v) is 2.58. The normalized spacial score (nSPS) is 24.4. The molecular weight excluding hydrogens is 284 g/mol. The number of carbonyl (C=O) groups excluding carboxylic acids is 1. The number of hydrogen-bond acceptors (Lipinski definition) is 5. The highest BCUT2D eigenvalue weighted by atomic mass is 16.5. The number of nitrogens with zero attached hydrogens (tertiary/aromatic N) is 3. The number of benzene rings is 1. The van der Waals surface area contributed by atoms with Crippen molar-refractivity contribution in [1.82, 2.24) is 20.3 Å². The second kappa shape index (κ2) is 6.25. The lowest BCUT2D eigenvalue weighted by atomic mass is 10.1. The van der Waals surface area contributed by atoms with Crippen molar-refractivity contribution in [2.45, 2.75) is 31.7 Å². The summed E-state index contributed by atoms with van der Waals surface area (Å²) < 4.78 is 7.21. The summed E-state index contributed by atoms with van der Waals surface area (Å²) in [5.74, 6) is -0.192. The quantitative estimate of drug-likeness (QED) is 0.843. The molecule has 1 aliphatic rings. The van der Waals surface area contributed by atoms with E-state index >= 15 is 0 Å². The Labute approximate surface area is 127 Å². The molecule has 1 aromatic heterocycles. The smallest absolute Gasteiger partial charge is 0.217 e. The molecule has 7 nitrogen and oxygen atoms in total. The Morgan fingerprint density at radius 3 is 2.95 bits per heavy atom. The molecule has 0 bridgehead atoms. The molecule has 3 atom stereocenters. The van der Waals surface area contributed by atoms with Crippen LogP contribution in [-0.2, 0) is 16.1 Å². The molecule has 0 spiro atoms. The third-order valence-electron chi connectivity index (χ3n) is 3.64. The van der Waals surface area contributed by atoms with Crippen molar-refractivity contribution in [3.05, 3.63) is 36.5 Å². The molecule has 116 valence electrons. The van der Waals surface area contributed by atoms with Crippen LogP contribution in [0, 0.1) is 0 Å². The molecule has 2 aromatic rings. The van der Waals surface area contributed by atoms with Crippen molar-refractivity contribution in [1.29, 1.82) is 0 Å². The van der Waals surface area contributed by atoms with Crippen LogP contribution in [0.3, 0.4) is 0 Å². The summed E-state index contributed by atoms with van der Waals surface area (Å²) in [6.45, 7) is 2.04. The molecule has 2 N–H and O–H groups in total. The van der Waals surface area contributed by atoms with E-state index in [1.165, 1.54) is 6.92 Å². The van der Waals surface area contributed by atoms with Gasteiger partial charge in [-0.25, -0.2) is 4.68 Å². The van der Waals surface area contributed by atoms with Crippen molar-refractivity contribution < 1.29 is 14.6 Å². The van der Waals surface area contributed by atoms with Gasteiger partial charge >= 0.3 is 0 Å².